The third-order valence-corrected chi connectivity index (χ3v) is 4.10. The monoisotopic (exact) mass is 503 g/mol. The number of nitrogens with zero attached hydrogens (tertiary/aromatic N) is 3. The highest BCUT2D eigenvalue weighted by Gasteiger charge is 2.13. The van der Waals surface area contributed by atoms with Gasteiger partial charge in [0, 0.05) is 33.4 Å². The maximum atomic E-state index is 5.39. The Bertz CT molecular complexity index is 739. The van der Waals surface area contributed by atoms with E-state index in [1.54, 1.807) is 28.4 Å². The fourth-order valence-corrected chi connectivity index (χ4v) is 2.74. The molecule has 2 rings (SSSR count). The van der Waals surface area contributed by atoms with Crippen LogP contribution in [-0.4, -0.2) is 50.7 Å². The highest BCUT2D eigenvalue weighted by atomic mass is 127. The molecule has 2 N–H and O–H groups in total. The standard InChI is InChI=1S/C19H29N5O3.HI/c1-20-19(21-8-6-7-14-12-23-24(2)13-14)22-11-15-9-16(25-3)18(27-5)17(10-15)26-4;/h9-10,12-13H,6-8,11H2,1-5H3,(H2,20,21,22);1H. The molecule has 0 aliphatic carbocycles. The zero-order chi connectivity index (χ0) is 19.6. The Kier molecular flexibility index (Phi) is 10.5. The van der Waals surface area contributed by atoms with Gasteiger partial charge in [-0.3, -0.25) is 9.67 Å². The lowest BCUT2D eigenvalue weighted by molar-refractivity contribution is 0.323. The molecule has 0 bridgehead atoms. The van der Waals surface area contributed by atoms with Gasteiger partial charge in [-0.1, -0.05) is 0 Å². The minimum atomic E-state index is 0. The van der Waals surface area contributed by atoms with Gasteiger partial charge in [0.05, 0.1) is 27.5 Å². The Morgan fingerprint density at radius 2 is 1.75 bits per heavy atom. The van der Waals surface area contributed by atoms with Gasteiger partial charge in [0.25, 0.3) is 0 Å². The molecule has 0 unspecified atom stereocenters. The molecule has 28 heavy (non-hydrogen) atoms. The van der Waals surface area contributed by atoms with Crippen LogP contribution in [0.15, 0.2) is 29.5 Å². The fraction of sp³-hybridized carbons (Fsp3) is 0.474. The van der Waals surface area contributed by atoms with E-state index in [9.17, 15) is 0 Å². The molecule has 0 atom stereocenters. The predicted octanol–water partition coefficient (Wildman–Crippen LogP) is 2.36. The number of benzene rings is 1. The quantitative estimate of drug-likeness (QED) is 0.237. The maximum absolute atomic E-state index is 5.39. The van der Waals surface area contributed by atoms with Crippen molar-refractivity contribution in [2.45, 2.75) is 19.4 Å². The molecule has 0 aliphatic rings. The number of methoxy groups -OCH3 is 3. The molecule has 1 aromatic carbocycles. The lowest BCUT2D eigenvalue weighted by Crippen LogP contribution is -2.37. The van der Waals surface area contributed by atoms with Gasteiger partial charge < -0.3 is 24.8 Å². The van der Waals surface area contributed by atoms with E-state index in [0.717, 1.165) is 30.9 Å². The lowest BCUT2D eigenvalue weighted by atomic mass is 10.2. The summed E-state index contributed by atoms with van der Waals surface area (Å²) in [6.45, 7) is 1.41. The normalized spacial score (nSPS) is 10.8. The third-order valence-electron chi connectivity index (χ3n) is 4.10. The molecule has 1 aromatic heterocycles. The summed E-state index contributed by atoms with van der Waals surface area (Å²) < 4.78 is 18.0. The van der Waals surface area contributed by atoms with Gasteiger partial charge in [-0.15, -0.1) is 24.0 Å². The topological polar surface area (TPSA) is 81.9 Å². The number of halogens is 1. The number of ether oxygens (including phenoxy) is 3. The first-order valence-corrected chi connectivity index (χ1v) is 8.82. The number of aryl methyl sites for hydroxylation is 2. The Morgan fingerprint density at radius 3 is 2.25 bits per heavy atom. The van der Waals surface area contributed by atoms with Gasteiger partial charge in [-0.05, 0) is 36.1 Å². The average Bonchev–Trinajstić information content (AvgIpc) is 3.11. The molecular formula is C19H30IN5O3. The van der Waals surface area contributed by atoms with Crippen LogP contribution in [-0.2, 0) is 20.0 Å². The zero-order valence-corrected chi connectivity index (χ0v) is 19.4. The molecular weight excluding hydrogens is 473 g/mol. The largest absolute Gasteiger partial charge is 0.493 e. The van der Waals surface area contributed by atoms with Crippen LogP contribution in [0, 0.1) is 0 Å². The maximum Gasteiger partial charge on any atom is 0.203 e. The Morgan fingerprint density at radius 1 is 1.07 bits per heavy atom. The van der Waals surface area contributed by atoms with Gasteiger partial charge >= 0.3 is 0 Å². The first-order valence-electron chi connectivity index (χ1n) is 8.82. The van der Waals surface area contributed by atoms with Crippen molar-refractivity contribution in [1.82, 2.24) is 20.4 Å². The second-order valence-electron chi connectivity index (χ2n) is 6.01. The van der Waals surface area contributed by atoms with Crippen molar-refractivity contribution in [2.24, 2.45) is 12.0 Å². The number of guanidine groups is 1. The van der Waals surface area contributed by atoms with Crippen LogP contribution in [0.2, 0.25) is 0 Å². The van der Waals surface area contributed by atoms with Gasteiger partial charge in [-0.2, -0.15) is 5.10 Å². The van der Waals surface area contributed by atoms with E-state index >= 15 is 0 Å². The van der Waals surface area contributed by atoms with Crippen LogP contribution in [0.3, 0.4) is 0 Å². The first-order chi connectivity index (χ1) is 13.1. The Hall–Kier alpha value is -2.17. The van der Waals surface area contributed by atoms with Crippen LogP contribution >= 0.6 is 24.0 Å². The Balaban J connectivity index is 0.00000392. The second-order valence-corrected chi connectivity index (χ2v) is 6.01. The molecule has 0 fully saturated rings. The van der Waals surface area contributed by atoms with E-state index in [2.05, 4.69) is 20.7 Å². The third kappa shape index (κ3) is 6.77. The molecule has 1 heterocycles. The van der Waals surface area contributed by atoms with Crippen molar-refractivity contribution in [1.29, 1.82) is 0 Å². The molecule has 0 saturated carbocycles. The number of aliphatic imine (C=N–C) groups is 1. The number of nitrogens with one attached hydrogen (secondary N) is 2. The fourth-order valence-electron chi connectivity index (χ4n) is 2.74. The summed E-state index contributed by atoms with van der Waals surface area (Å²) in [5, 5.41) is 10.8. The number of rotatable bonds is 9. The summed E-state index contributed by atoms with van der Waals surface area (Å²) in [4.78, 5) is 4.26. The smallest absolute Gasteiger partial charge is 0.203 e. The Labute approximate surface area is 183 Å². The number of hydrogen-bond donors (Lipinski definition) is 2. The van der Waals surface area contributed by atoms with Crippen LogP contribution in [0.25, 0.3) is 0 Å². The van der Waals surface area contributed by atoms with Gasteiger partial charge in [-0.25, -0.2) is 0 Å². The molecule has 0 spiro atoms. The number of aromatic nitrogens is 2. The van der Waals surface area contributed by atoms with Crippen molar-refractivity contribution in [3.05, 3.63) is 35.7 Å². The molecule has 0 amide bonds. The van der Waals surface area contributed by atoms with Crippen molar-refractivity contribution >= 4 is 29.9 Å². The van der Waals surface area contributed by atoms with Crippen molar-refractivity contribution in [3.63, 3.8) is 0 Å². The molecule has 8 nitrogen and oxygen atoms in total. The first kappa shape index (κ1) is 23.9. The predicted molar refractivity (Wildman–Crippen MR) is 121 cm³/mol. The van der Waals surface area contributed by atoms with Crippen molar-refractivity contribution in [2.75, 3.05) is 34.9 Å². The van der Waals surface area contributed by atoms with E-state index in [1.807, 2.05) is 36.3 Å². The summed E-state index contributed by atoms with van der Waals surface area (Å²) >= 11 is 0. The molecule has 0 radical (unpaired) electrons. The summed E-state index contributed by atoms with van der Waals surface area (Å²) in [6, 6.07) is 3.84. The molecule has 2 aromatic rings. The molecule has 156 valence electrons. The van der Waals surface area contributed by atoms with E-state index < -0.39 is 0 Å². The summed E-state index contributed by atoms with van der Waals surface area (Å²) in [5.41, 5.74) is 2.24. The second kappa shape index (κ2) is 12.3. The van der Waals surface area contributed by atoms with E-state index in [-0.39, 0.29) is 24.0 Å². The van der Waals surface area contributed by atoms with Crippen LogP contribution in [0.5, 0.6) is 17.2 Å². The van der Waals surface area contributed by atoms with E-state index in [1.165, 1.54) is 5.56 Å². The molecule has 0 saturated heterocycles. The van der Waals surface area contributed by atoms with Crippen LogP contribution < -0.4 is 24.8 Å². The van der Waals surface area contributed by atoms with Crippen molar-refractivity contribution < 1.29 is 14.2 Å². The summed E-state index contributed by atoms with van der Waals surface area (Å²) in [7, 11) is 8.49. The average molecular weight is 503 g/mol. The van der Waals surface area contributed by atoms with Crippen molar-refractivity contribution in [3.8, 4) is 17.2 Å². The number of hydrogen-bond acceptors (Lipinski definition) is 5. The lowest BCUT2D eigenvalue weighted by Gasteiger charge is -2.16. The summed E-state index contributed by atoms with van der Waals surface area (Å²) in [6.07, 6.45) is 5.91. The van der Waals surface area contributed by atoms with Gasteiger partial charge in [0.1, 0.15) is 0 Å². The van der Waals surface area contributed by atoms with E-state index in [0.29, 0.717) is 23.8 Å². The minimum absolute atomic E-state index is 0. The SMILES string of the molecule is CN=C(NCCCc1cnn(C)c1)NCc1cc(OC)c(OC)c(OC)c1.I. The minimum Gasteiger partial charge on any atom is -0.493 e. The van der Waals surface area contributed by atoms with E-state index in [4.69, 9.17) is 14.2 Å². The summed E-state index contributed by atoms with van der Waals surface area (Å²) in [5.74, 6) is 2.60. The molecule has 0 aliphatic heterocycles. The highest BCUT2D eigenvalue weighted by Crippen LogP contribution is 2.38. The van der Waals surface area contributed by atoms with Gasteiger partial charge in [0.2, 0.25) is 5.75 Å². The molecule has 9 heteroatoms. The van der Waals surface area contributed by atoms with Crippen LogP contribution in [0.1, 0.15) is 17.5 Å². The zero-order valence-electron chi connectivity index (χ0n) is 17.1. The van der Waals surface area contributed by atoms with Gasteiger partial charge in [0.15, 0.2) is 17.5 Å². The highest BCUT2D eigenvalue weighted by molar-refractivity contribution is 14.0. The van der Waals surface area contributed by atoms with Crippen LogP contribution in [0.4, 0.5) is 0 Å².